The maximum absolute atomic E-state index is 11.5. The van der Waals surface area contributed by atoms with Crippen molar-refractivity contribution in [2.45, 2.75) is 26.3 Å². The minimum absolute atomic E-state index is 0.0185. The second-order valence-corrected chi connectivity index (χ2v) is 4.54. The Hall–Kier alpha value is -2.21. The van der Waals surface area contributed by atoms with Gasteiger partial charge in [0, 0.05) is 31.6 Å². The largest absolute Gasteiger partial charge is 0.352 e. The molecule has 0 unspecified atom stereocenters. The molecule has 20 heavy (non-hydrogen) atoms. The van der Waals surface area contributed by atoms with Crippen LogP contribution in [0.3, 0.4) is 0 Å². The van der Waals surface area contributed by atoms with E-state index in [2.05, 4.69) is 15.3 Å². The van der Waals surface area contributed by atoms with Gasteiger partial charge < -0.3 is 11.1 Å². The molecule has 2 heterocycles. The lowest BCUT2D eigenvalue weighted by Crippen LogP contribution is -2.23. The lowest BCUT2D eigenvalue weighted by molar-refractivity contribution is -0.121. The molecule has 0 aliphatic rings. The molecule has 106 valence electrons. The first-order valence-corrected chi connectivity index (χ1v) is 6.62. The summed E-state index contributed by atoms with van der Waals surface area (Å²) >= 11 is 0. The Bertz CT molecular complexity index is 561. The molecule has 2 aromatic rings. The van der Waals surface area contributed by atoms with Crippen molar-refractivity contribution >= 4 is 5.91 Å². The number of carbonyl (C=O) groups is 1. The smallest absolute Gasteiger partial charge is 0.220 e. The Morgan fingerprint density at radius 3 is 2.85 bits per heavy atom. The summed E-state index contributed by atoms with van der Waals surface area (Å²) in [6, 6.07) is 3.86. The molecule has 3 N–H and O–H groups in total. The molecule has 1 amide bonds. The van der Waals surface area contributed by atoms with E-state index in [0.29, 0.717) is 25.9 Å². The molecule has 0 saturated heterocycles. The molecule has 0 saturated carbocycles. The molecule has 2 aromatic heterocycles. The van der Waals surface area contributed by atoms with Crippen molar-refractivity contribution < 1.29 is 4.79 Å². The number of rotatable bonds is 6. The average molecular weight is 273 g/mol. The van der Waals surface area contributed by atoms with Gasteiger partial charge in [0.2, 0.25) is 5.91 Å². The van der Waals surface area contributed by atoms with Crippen molar-refractivity contribution in [3.8, 4) is 5.82 Å². The molecule has 0 atom stereocenters. The van der Waals surface area contributed by atoms with Crippen LogP contribution in [-0.4, -0.2) is 27.0 Å². The highest BCUT2D eigenvalue weighted by Crippen LogP contribution is 2.08. The van der Waals surface area contributed by atoms with E-state index in [1.165, 1.54) is 0 Å². The number of nitrogens with two attached hydrogens (primary N) is 1. The van der Waals surface area contributed by atoms with Gasteiger partial charge in [-0.1, -0.05) is 6.07 Å². The van der Waals surface area contributed by atoms with Crippen molar-refractivity contribution in [2.75, 3.05) is 6.54 Å². The second kappa shape index (κ2) is 6.81. The maximum Gasteiger partial charge on any atom is 0.220 e. The number of amides is 1. The van der Waals surface area contributed by atoms with Gasteiger partial charge in [0.05, 0.1) is 0 Å². The van der Waals surface area contributed by atoms with E-state index in [1.807, 2.05) is 29.8 Å². The molecule has 0 radical (unpaired) electrons. The van der Waals surface area contributed by atoms with Gasteiger partial charge in [-0.15, -0.1) is 0 Å². The molecule has 0 bridgehead atoms. The number of aromatic nitrogens is 3. The topological polar surface area (TPSA) is 85.8 Å². The van der Waals surface area contributed by atoms with Crippen LogP contribution < -0.4 is 11.1 Å². The SMILES string of the molecule is Cc1nccn1-c1ccc(CNC(=O)CCCN)cn1. The van der Waals surface area contributed by atoms with Crippen LogP contribution in [-0.2, 0) is 11.3 Å². The first-order valence-electron chi connectivity index (χ1n) is 6.62. The molecular weight excluding hydrogens is 254 g/mol. The van der Waals surface area contributed by atoms with Gasteiger partial charge in [-0.25, -0.2) is 9.97 Å². The molecule has 0 fully saturated rings. The Balaban J connectivity index is 1.92. The molecule has 6 nitrogen and oxygen atoms in total. The van der Waals surface area contributed by atoms with E-state index in [1.54, 1.807) is 12.4 Å². The van der Waals surface area contributed by atoms with Gasteiger partial charge in [0.1, 0.15) is 11.6 Å². The van der Waals surface area contributed by atoms with Crippen LogP contribution in [0.1, 0.15) is 24.2 Å². The molecule has 2 rings (SSSR count). The third-order valence-electron chi connectivity index (χ3n) is 2.98. The first-order chi connectivity index (χ1) is 9.70. The van der Waals surface area contributed by atoms with Crippen molar-refractivity contribution in [3.05, 3.63) is 42.1 Å². The summed E-state index contributed by atoms with van der Waals surface area (Å²) in [7, 11) is 0. The number of carbonyl (C=O) groups excluding carboxylic acids is 1. The molecular formula is C14H19N5O. The van der Waals surface area contributed by atoms with Gasteiger partial charge in [-0.05, 0) is 31.5 Å². The maximum atomic E-state index is 11.5. The van der Waals surface area contributed by atoms with Crippen molar-refractivity contribution in [1.29, 1.82) is 0 Å². The summed E-state index contributed by atoms with van der Waals surface area (Å²) in [5.41, 5.74) is 6.33. The highest BCUT2D eigenvalue weighted by molar-refractivity contribution is 5.75. The van der Waals surface area contributed by atoms with E-state index in [0.717, 1.165) is 17.2 Å². The Kier molecular flexibility index (Phi) is 4.84. The van der Waals surface area contributed by atoms with E-state index in [4.69, 9.17) is 5.73 Å². The molecule has 0 aliphatic heterocycles. The van der Waals surface area contributed by atoms with Gasteiger partial charge in [-0.2, -0.15) is 0 Å². The Morgan fingerprint density at radius 2 is 2.25 bits per heavy atom. The zero-order chi connectivity index (χ0) is 14.4. The number of hydrogen-bond donors (Lipinski definition) is 2. The summed E-state index contributed by atoms with van der Waals surface area (Å²) < 4.78 is 1.91. The Labute approximate surface area is 118 Å². The molecule has 0 spiro atoms. The normalized spacial score (nSPS) is 10.5. The predicted octanol–water partition coefficient (Wildman–Crippen LogP) is 0.931. The Morgan fingerprint density at radius 1 is 1.40 bits per heavy atom. The van der Waals surface area contributed by atoms with Gasteiger partial charge in [-0.3, -0.25) is 9.36 Å². The van der Waals surface area contributed by atoms with Crippen LogP contribution in [0.4, 0.5) is 0 Å². The molecule has 0 aromatic carbocycles. The fourth-order valence-corrected chi connectivity index (χ4v) is 1.84. The lowest BCUT2D eigenvalue weighted by atomic mass is 10.2. The van der Waals surface area contributed by atoms with Crippen molar-refractivity contribution in [1.82, 2.24) is 19.9 Å². The zero-order valence-electron chi connectivity index (χ0n) is 11.5. The van der Waals surface area contributed by atoms with Gasteiger partial charge in [0.25, 0.3) is 0 Å². The summed E-state index contributed by atoms with van der Waals surface area (Å²) in [4.78, 5) is 20.0. The van der Waals surface area contributed by atoms with Crippen LogP contribution in [0.25, 0.3) is 5.82 Å². The van der Waals surface area contributed by atoms with Crippen LogP contribution in [0, 0.1) is 6.92 Å². The minimum Gasteiger partial charge on any atom is -0.352 e. The van der Waals surface area contributed by atoms with E-state index >= 15 is 0 Å². The summed E-state index contributed by atoms with van der Waals surface area (Å²) in [5, 5.41) is 2.85. The highest BCUT2D eigenvalue weighted by atomic mass is 16.1. The number of pyridine rings is 1. The van der Waals surface area contributed by atoms with E-state index in [9.17, 15) is 4.79 Å². The second-order valence-electron chi connectivity index (χ2n) is 4.54. The van der Waals surface area contributed by atoms with Crippen LogP contribution >= 0.6 is 0 Å². The zero-order valence-corrected chi connectivity index (χ0v) is 11.5. The standard InChI is InChI=1S/C14H19N5O/c1-11-16-7-8-19(11)13-5-4-12(9-17-13)10-18-14(20)3-2-6-15/h4-5,7-9H,2-3,6,10,15H2,1H3,(H,18,20). The fraction of sp³-hybridized carbons (Fsp3) is 0.357. The third-order valence-corrected chi connectivity index (χ3v) is 2.98. The lowest BCUT2D eigenvalue weighted by Gasteiger charge is -2.07. The number of nitrogens with zero attached hydrogens (tertiary/aromatic N) is 3. The highest BCUT2D eigenvalue weighted by Gasteiger charge is 2.03. The van der Waals surface area contributed by atoms with Crippen molar-refractivity contribution in [2.24, 2.45) is 5.73 Å². The molecule has 6 heteroatoms. The number of aryl methyl sites for hydroxylation is 1. The fourth-order valence-electron chi connectivity index (χ4n) is 1.84. The van der Waals surface area contributed by atoms with Gasteiger partial charge >= 0.3 is 0 Å². The van der Waals surface area contributed by atoms with Crippen LogP contribution in [0.2, 0.25) is 0 Å². The van der Waals surface area contributed by atoms with Crippen LogP contribution in [0.15, 0.2) is 30.7 Å². The molecule has 0 aliphatic carbocycles. The summed E-state index contributed by atoms with van der Waals surface area (Å²) in [6.45, 7) is 2.95. The summed E-state index contributed by atoms with van der Waals surface area (Å²) in [5.74, 6) is 1.73. The quantitative estimate of drug-likeness (QED) is 0.820. The monoisotopic (exact) mass is 273 g/mol. The predicted molar refractivity (Wildman–Crippen MR) is 76.2 cm³/mol. The van der Waals surface area contributed by atoms with Crippen molar-refractivity contribution in [3.63, 3.8) is 0 Å². The van der Waals surface area contributed by atoms with Crippen LogP contribution in [0.5, 0.6) is 0 Å². The van der Waals surface area contributed by atoms with E-state index < -0.39 is 0 Å². The third kappa shape index (κ3) is 3.64. The number of imidazole rings is 1. The van der Waals surface area contributed by atoms with E-state index in [-0.39, 0.29) is 5.91 Å². The average Bonchev–Trinajstić information content (AvgIpc) is 2.89. The minimum atomic E-state index is 0.0185. The van der Waals surface area contributed by atoms with Gasteiger partial charge in [0.15, 0.2) is 0 Å². The number of nitrogens with one attached hydrogen (secondary N) is 1. The first kappa shape index (κ1) is 14.2. The number of hydrogen-bond acceptors (Lipinski definition) is 4. The summed E-state index contributed by atoms with van der Waals surface area (Å²) in [6.07, 6.45) is 6.55.